The summed E-state index contributed by atoms with van der Waals surface area (Å²) in [5.74, 6) is -1.42. The van der Waals surface area contributed by atoms with E-state index in [9.17, 15) is 23.5 Å². The van der Waals surface area contributed by atoms with Crippen LogP contribution in [0, 0.1) is 17.6 Å². The zero-order valence-electron chi connectivity index (χ0n) is 21.0. The zero-order chi connectivity index (χ0) is 26.5. The largest absolute Gasteiger partial charge is 0.492 e. The summed E-state index contributed by atoms with van der Waals surface area (Å²) >= 11 is 0. The van der Waals surface area contributed by atoms with E-state index in [2.05, 4.69) is 13.8 Å². The van der Waals surface area contributed by atoms with Gasteiger partial charge in [-0.15, -0.1) is 0 Å². The third kappa shape index (κ3) is 10.2. The predicted octanol–water partition coefficient (Wildman–Crippen LogP) is 5.45. The van der Waals surface area contributed by atoms with Crippen LogP contribution < -0.4 is 4.74 Å². The lowest BCUT2D eigenvalue weighted by Crippen LogP contribution is -2.36. The lowest BCUT2D eigenvalue weighted by Gasteiger charge is -2.23. The molecule has 0 radical (unpaired) electrons. The SMILES string of the molecule is CCOC(Cc1ccc(OCCN(CCCC(C)C)C(=O)OCc2ccc(F)cc2F)cc1)C(=O)O. The molecule has 9 heteroatoms. The second kappa shape index (κ2) is 15.0. The van der Waals surface area contributed by atoms with E-state index in [-0.39, 0.29) is 31.7 Å². The van der Waals surface area contributed by atoms with Crippen molar-refractivity contribution in [2.45, 2.75) is 52.7 Å². The minimum absolute atomic E-state index is 0.0951. The first-order chi connectivity index (χ1) is 17.2. The van der Waals surface area contributed by atoms with Gasteiger partial charge in [-0.25, -0.2) is 18.4 Å². The Morgan fingerprint density at radius 2 is 1.78 bits per heavy atom. The number of rotatable bonds is 15. The fourth-order valence-corrected chi connectivity index (χ4v) is 3.48. The van der Waals surface area contributed by atoms with Crippen molar-refractivity contribution in [2.24, 2.45) is 5.92 Å². The lowest BCUT2D eigenvalue weighted by atomic mass is 10.1. The second-order valence-corrected chi connectivity index (χ2v) is 8.79. The summed E-state index contributed by atoms with van der Waals surface area (Å²) in [5.41, 5.74) is 0.896. The molecule has 0 spiro atoms. The molecule has 2 aromatic rings. The van der Waals surface area contributed by atoms with E-state index >= 15 is 0 Å². The fraction of sp³-hybridized carbons (Fsp3) is 0.481. The fourth-order valence-electron chi connectivity index (χ4n) is 3.48. The van der Waals surface area contributed by atoms with Crippen molar-refractivity contribution < 1.29 is 37.7 Å². The number of nitrogens with zero attached hydrogens (tertiary/aromatic N) is 1. The number of halogens is 2. The molecule has 1 unspecified atom stereocenters. The molecular weight excluding hydrogens is 472 g/mol. The first kappa shape index (κ1) is 29.0. The van der Waals surface area contributed by atoms with Gasteiger partial charge in [0.05, 0.1) is 6.54 Å². The van der Waals surface area contributed by atoms with Crippen LogP contribution in [0.5, 0.6) is 5.75 Å². The molecule has 2 aromatic carbocycles. The Hall–Kier alpha value is -3.20. The summed E-state index contributed by atoms with van der Waals surface area (Å²) in [6.07, 6.45) is 0.440. The zero-order valence-corrected chi connectivity index (χ0v) is 21.0. The smallest absolute Gasteiger partial charge is 0.410 e. The number of aliphatic carboxylic acids is 1. The third-order valence-corrected chi connectivity index (χ3v) is 5.45. The number of benzene rings is 2. The van der Waals surface area contributed by atoms with Crippen LogP contribution in [0.4, 0.5) is 13.6 Å². The molecule has 0 bridgehead atoms. The van der Waals surface area contributed by atoms with E-state index in [1.165, 1.54) is 11.0 Å². The average molecular weight is 508 g/mol. The highest BCUT2D eigenvalue weighted by molar-refractivity contribution is 5.72. The van der Waals surface area contributed by atoms with Gasteiger partial charge in [0.25, 0.3) is 0 Å². The van der Waals surface area contributed by atoms with E-state index in [1.807, 2.05) is 0 Å². The molecule has 0 aromatic heterocycles. The number of carboxylic acids is 1. The molecule has 7 nitrogen and oxygen atoms in total. The number of carboxylic acid groups (broad SMARTS) is 1. The van der Waals surface area contributed by atoms with Gasteiger partial charge in [0.2, 0.25) is 0 Å². The maximum atomic E-state index is 13.9. The molecule has 0 saturated carbocycles. The second-order valence-electron chi connectivity index (χ2n) is 8.79. The van der Waals surface area contributed by atoms with Gasteiger partial charge in [0.1, 0.15) is 30.6 Å². The molecule has 1 N–H and O–H groups in total. The van der Waals surface area contributed by atoms with Crippen molar-refractivity contribution in [3.05, 3.63) is 65.2 Å². The van der Waals surface area contributed by atoms with Crippen molar-refractivity contribution in [1.82, 2.24) is 4.90 Å². The van der Waals surface area contributed by atoms with Gasteiger partial charge in [-0.2, -0.15) is 0 Å². The first-order valence-electron chi connectivity index (χ1n) is 12.1. The Bertz CT molecular complexity index is 967. The summed E-state index contributed by atoms with van der Waals surface area (Å²) < 4.78 is 43.2. The maximum Gasteiger partial charge on any atom is 0.410 e. The van der Waals surface area contributed by atoms with Crippen molar-refractivity contribution >= 4 is 12.1 Å². The van der Waals surface area contributed by atoms with Crippen molar-refractivity contribution in [2.75, 3.05) is 26.3 Å². The molecule has 0 fully saturated rings. The molecule has 0 aliphatic rings. The number of hydrogen-bond acceptors (Lipinski definition) is 5. The van der Waals surface area contributed by atoms with Crippen LogP contribution in [0.15, 0.2) is 42.5 Å². The Labute approximate surface area is 211 Å². The monoisotopic (exact) mass is 507 g/mol. The summed E-state index contributed by atoms with van der Waals surface area (Å²) in [6, 6.07) is 10.1. The summed E-state index contributed by atoms with van der Waals surface area (Å²) in [5, 5.41) is 9.23. The van der Waals surface area contributed by atoms with Gasteiger partial charge in [-0.3, -0.25) is 0 Å². The number of carbonyl (C=O) groups is 2. The normalized spacial score (nSPS) is 11.8. The Kier molecular flexibility index (Phi) is 12.1. The van der Waals surface area contributed by atoms with E-state index in [0.29, 0.717) is 24.8 Å². The highest BCUT2D eigenvalue weighted by Gasteiger charge is 2.19. The molecule has 198 valence electrons. The number of hydrogen-bond donors (Lipinski definition) is 1. The van der Waals surface area contributed by atoms with Crippen LogP contribution in [0.1, 0.15) is 44.7 Å². The van der Waals surface area contributed by atoms with Gasteiger partial charge in [-0.1, -0.05) is 26.0 Å². The Balaban J connectivity index is 1.90. The molecule has 36 heavy (non-hydrogen) atoms. The van der Waals surface area contributed by atoms with E-state index in [0.717, 1.165) is 30.5 Å². The molecule has 0 saturated heterocycles. The lowest BCUT2D eigenvalue weighted by molar-refractivity contribution is -0.149. The van der Waals surface area contributed by atoms with Crippen LogP contribution in [-0.2, 0) is 27.3 Å². The van der Waals surface area contributed by atoms with Crippen LogP contribution in [0.2, 0.25) is 0 Å². The van der Waals surface area contributed by atoms with Gasteiger partial charge < -0.3 is 24.2 Å². The van der Waals surface area contributed by atoms with Crippen LogP contribution in [0.25, 0.3) is 0 Å². The molecular formula is C27H35F2NO6. The molecule has 2 rings (SSSR count). The summed E-state index contributed by atoms with van der Waals surface area (Å²) in [7, 11) is 0. The highest BCUT2D eigenvalue weighted by atomic mass is 19.1. The van der Waals surface area contributed by atoms with Crippen LogP contribution >= 0.6 is 0 Å². The third-order valence-electron chi connectivity index (χ3n) is 5.45. The standard InChI is InChI=1S/C27H35F2NO6/c1-4-34-25(26(31)32)16-20-7-11-23(12-8-20)35-15-14-30(13-5-6-19(2)3)27(33)36-18-21-9-10-22(28)17-24(21)29/h7-12,17,19,25H,4-6,13-16,18H2,1-3H3,(H,31,32). The van der Waals surface area contributed by atoms with Gasteiger partial charge >= 0.3 is 12.1 Å². The topological polar surface area (TPSA) is 85.3 Å². The summed E-state index contributed by atoms with van der Waals surface area (Å²) in [4.78, 5) is 25.4. The minimum atomic E-state index is -1.01. The van der Waals surface area contributed by atoms with E-state index in [1.54, 1.807) is 31.2 Å². The Morgan fingerprint density at radius 1 is 1.06 bits per heavy atom. The predicted molar refractivity (Wildman–Crippen MR) is 131 cm³/mol. The summed E-state index contributed by atoms with van der Waals surface area (Å²) in [6.45, 7) is 6.88. The molecule has 0 aliphatic heterocycles. The number of amides is 1. The number of ether oxygens (including phenoxy) is 3. The molecule has 1 atom stereocenters. The van der Waals surface area contributed by atoms with Crippen molar-refractivity contribution in [1.29, 1.82) is 0 Å². The van der Waals surface area contributed by atoms with E-state index < -0.39 is 29.8 Å². The molecule has 0 aliphatic carbocycles. The average Bonchev–Trinajstić information content (AvgIpc) is 2.82. The first-order valence-corrected chi connectivity index (χ1v) is 12.1. The van der Waals surface area contributed by atoms with Crippen LogP contribution in [0.3, 0.4) is 0 Å². The quantitative estimate of drug-likeness (QED) is 0.345. The Morgan fingerprint density at radius 3 is 2.39 bits per heavy atom. The van der Waals surface area contributed by atoms with Gasteiger partial charge in [0, 0.05) is 31.2 Å². The van der Waals surface area contributed by atoms with Gasteiger partial charge in [-0.05, 0) is 55.5 Å². The molecule has 0 heterocycles. The molecule has 1 amide bonds. The minimum Gasteiger partial charge on any atom is -0.492 e. The van der Waals surface area contributed by atoms with Crippen molar-refractivity contribution in [3.63, 3.8) is 0 Å². The van der Waals surface area contributed by atoms with Crippen LogP contribution in [-0.4, -0.2) is 54.5 Å². The van der Waals surface area contributed by atoms with E-state index in [4.69, 9.17) is 14.2 Å². The highest BCUT2D eigenvalue weighted by Crippen LogP contribution is 2.16. The number of carbonyl (C=O) groups excluding carboxylic acids is 1. The maximum absolute atomic E-state index is 13.9. The van der Waals surface area contributed by atoms with Gasteiger partial charge in [0.15, 0.2) is 6.10 Å². The van der Waals surface area contributed by atoms with Crippen molar-refractivity contribution in [3.8, 4) is 5.75 Å².